The first-order chi connectivity index (χ1) is 10.2. The Morgan fingerprint density at radius 3 is 2.76 bits per heavy atom. The van der Waals surface area contributed by atoms with Crippen LogP contribution in [0.25, 0.3) is 10.8 Å². The summed E-state index contributed by atoms with van der Waals surface area (Å²) in [7, 11) is 0. The summed E-state index contributed by atoms with van der Waals surface area (Å²) in [6.07, 6.45) is 1.68. The van der Waals surface area contributed by atoms with Crippen LogP contribution in [0.4, 0.5) is 5.95 Å². The van der Waals surface area contributed by atoms with Gasteiger partial charge in [0, 0.05) is 23.3 Å². The van der Waals surface area contributed by atoms with Crippen LogP contribution in [0, 0.1) is 0 Å². The molecule has 0 bridgehead atoms. The van der Waals surface area contributed by atoms with Crippen molar-refractivity contribution in [2.24, 2.45) is 0 Å². The number of benzene rings is 2. The number of ether oxygens (including phenoxy) is 1. The van der Waals surface area contributed by atoms with Gasteiger partial charge in [-0.15, -0.1) is 0 Å². The lowest BCUT2D eigenvalue weighted by Gasteiger charge is -2.07. The number of hydrogen-bond acceptors (Lipinski definition) is 4. The smallest absolute Gasteiger partial charge is 0.225 e. The molecule has 0 radical (unpaired) electrons. The first-order valence-corrected chi connectivity index (χ1v) is 7.48. The molecule has 1 aromatic heterocycles. The number of nitrogens with one attached hydrogen (secondary N) is 1. The van der Waals surface area contributed by atoms with Gasteiger partial charge in [-0.05, 0) is 42.0 Å². The van der Waals surface area contributed by atoms with Gasteiger partial charge in [-0.25, -0.2) is 4.98 Å². The minimum Gasteiger partial charge on any atom is -0.439 e. The van der Waals surface area contributed by atoms with Crippen LogP contribution in [0.3, 0.4) is 0 Å². The molecule has 0 aliphatic rings. The highest BCUT2D eigenvalue weighted by Crippen LogP contribution is 2.26. The predicted molar refractivity (Wildman–Crippen MR) is 87.9 cm³/mol. The summed E-state index contributed by atoms with van der Waals surface area (Å²) in [6.45, 7) is 2.77. The molecule has 0 saturated heterocycles. The molecule has 0 saturated carbocycles. The zero-order chi connectivity index (χ0) is 14.7. The third-order valence-electron chi connectivity index (χ3n) is 2.96. The summed E-state index contributed by atoms with van der Waals surface area (Å²) in [5, 5.41) is 5.34. The van der Waals surface area contributed by atoms with Crippen LogP contribution >= 0.6 is 15.9 Å². The largest absolute Gasteiger partial charge is 0.439 e. The highest BCUT2D eigenvalue weighted by molar-refractivity contribution is 9.10. The molecular formula is C16H14BrN3O. The third kappa shape index (κ3) is 3.31. The molecule has 0 atom stereocenters. The number of aromatic nitrogens is 2. The number of nitrogens with zero attached hydrogens (tertiary/aromatic N) is 2. The van der Waals surface area contributed by atoms with Crippen molar-refractivity contribution in [1.82, 2.24) is 9.97 Å². The molecule has 106 valence electrons. The van der Waals surface area contributed by atoms with Gasteiger partial charge in [-0.1, -0.05) is 28.1 Å². The van der Waals surface area contributed by atoms with Crippen molar-refractivity contribution in [3.05, 3.63) is 53.1 Å². The number of anilines is 1. The van der Waals surface area contributed by atoms with E-state index in [1.165, 1.54) is 0 Å². The van der Waals surface area contributed by atoms with Crippen molar-refractivity contribution >= 4 is 32.7 Å². The molecule has 0 spiro atoms. The van der Waals surface area contributed by atoms with Gasteiger partial charge in [0.05, 0.1) is 0 Å². The van der Waals surface area contributed by atoms with E-state index < -0.39 is 0 Å². The number of halogens is 1. The van der Waals surface area contributed by atoms with Crippen molar-refractivity contribution in [3.8, 4) is 11.6 Å². The molecule has 0 fully saturated rings. The van der Waals surface area contributed by atoms with Crippen LogP contribution in [-0.2, 0) is 0 Å². The highest BCUT2D eigenvalue weighted by atomic mass is 79.9. The molecule has 4 nitrogen and oxygen atoms in total. The summed E-state index contributed by atoms with van der Waals surface area (Å²) >= 11 is 3.47. The van der Waals surface area contributed by atoms with Crippen LogP contribution < -0.4 is 10.1 Å². The Bertz CT molecular complexity index is 776. The monoisotopic (exact) mass is 343 g/mol. The Morgan fingerprint density at radius 1 is 1.10 bits per heavy atom. The van der Waals surface area contributed by atoms with E-state index in [0.717, 1.165) is 27.5 Å². The number of rotatable bonds is 4. The van der Waals surface area contributed by atoms with Crippen molar-refractivity contribution in [1.29, 1.82) is 0 Å². The fourth-order valence-electron chi connectivity index (χ4n) is 2.02. The molecule has 2 aromatic carbocycles. The fourth-order valence-corrected chi connectivity index (χ4v) is 2.40. The topological polar surface area (TPSA) is 47.0 Å². The molecular weight excluding hydrogens is 330 g/mol. The Kier molecular flexibility index (Phi) is 4.01. The van der Waals surface area contributed by atoms with Gasteiger partial charge in [0.25, 0.3) is 0 Å². The average molecular weight is 344 g/mol. The second-order valence-corrected chi connectivity index (χ2v) is 5.42. The van der Waals surface area contributed by atoms with Gasteiger partial charge in [-0.2, -0.15) is 4.98 Å². The van der Waals surface area contributed by atoms with Crippen LogP contribution in [0.15, 0.2) is 53.1 Å². The van der Waals surface area contributed by atoms with Crippen molar-refractivity contribution in [2.45, 2.75) is 6.92 Å². The maximum Gasteiger partial charge on any atom is 0.225 e. The number of hydrogen-bond donors (Lipinski definition) is 1. The maximum absolute atomic E-state index is 5.80. The van der Waals surface area contributed by atoms with Gasteiger partial charge in [0.2, 0.25) is 11.8 Å². The number of fused-ring (bicyclic) bond motifs is 1. The molecule has 0 amide bonds. The first kappa shape index (κ1) is 13.8. The fraction of sp³-hybridized carbons (Fsp3) is 0.125. The van der Waals surface area contributed by atoms with E-state index >= 15 is 0 Å². The SMILES string of the molecule is CCNc1nccc(Oc2ccc3cc(Br)ccc3c2)n1. The quantitative estimate of drug-likeness (QED) is 0.750. The Morgan fingerprint density at radius 2 is 1.90 bits per heavy atom. The van der Waals surface area contributed by atoms with Gasteiger partial charge in [0.1, 0.15) is 5.75 Å². The second-order valence-electron chi connectivity index (χ2n) is 4.50. The van der Waals surface area contributed by atoms with E-state index in [-0.39, 0.29) is 0 Å². The zero-order valence-electron chi connectivity index (χ0n) is 11.5. The van der Waals surface area contributed by atoms with Crippen LogP contribution in [0.1, 0.15) is 6.92 Å². The lowest BCUT2D eigenvalue weighted by atomic mass is 10.1. The predicted octanol–water partition coefficient (Wildman–Crippen LogP) is 4.62. The highest BCUT2D eigenvalue weighted by Gasteiger charge is 2.03. The molecule has 0 aliphatic carbocycles. The molecule has 1 heterocycles. The second kappa shape index (κ2) is 6.10. The van der Waals surface area contributed by atoms with Crippen LogP contribution in [0.5, 0.6) is 11.6 Å². The van der Waals surface area contributed by atoms with Gasteiger partial charge in [0.15, 0.2) is 0 Å². The van der Waals surface area contributed by atoms with E-state index in [1.54, 1.807) is 12.3 Å². The summed E-state index contributed by atoms with van der Waals surface area (Å²) in [4.78, 5) is 8.42. The standard InChI is InChI=1S/C16H14BrN3O/c1-2-18-16-19-8-7-15(20-16)21-14-6-4-11-9-13(17)5-3-12(11)10-14/h3-10H,2H2,1H3,(H,18,19,20). The normalized spacial score (nSPS) is 10.6. The Labute approximate surface area is 131 Å². The molecule has 3 aromatic rings. The lowest BCUT2D eigenvalue weighted by Crippen LogP contribution is -2.02. The van der Waals surface area contributed by atoms with Crippen LogP contribution in [0.2, 0.25) is 0 Å². The van der Waals surface area contributed by atoms with Crippen molar-refractivity contribution < 1.29 is 4.74 Å². The molecule has 1 N–H and O–H groups in total. The Hall–Kier alpha value is -2.14. The van der Waals surface area contributed by atoms with E-state index in [0.29, 0.717) is 11.8 Å². The van der Waals surface area contributed by atoms with Gasteiger partial charge in [-0.3, -0.25) is 0 Å². The molecule has 5 heteroatoms. The zero-order valence-corrected chi connectivity index (χ0v) is 13.1. The maximum atomic E-state index is 5.80. The summed E-state index contributed by atoms with van der Waals surface area (Å²) < 4.78 is 6.87. The van der Waals surface area contributed by atoms with Crippen LogP contribution in [-0.4, -0.2) is 16.5 Å². The van der Waals surface area contributed by atoms with Crippen molar-refractivity contribution in [3.63, 3.8) is 0 Å². The minimum absolute atomic E-state index is 0.525. The Balaban J connectivity index is 1.87. The third-order valence-corrected chi connectivity index (χ3v) is 3.45. The van der Waals surface area contributed by atoms with E-state index in [2.05, 4.69) is 43.3 Å². The summed E-state index contributed by atoms with van der Waals surface area (Å²) in [5.41, 5.74) is 0. The lowest BCUT2D eigenvalue weighted by molar-refractivity contribution is 0.463. The molecule has 0 unspecified atom stereocenters. The van der Waals surface area contributed by atoms with E-state index in [1.807, 2.05) is 31.2 Å². The molecule has 21 heavy (non-hydrogen) atoms. The van der Waals surface area contributed by atoms with Crippen molar-refractivity contribution in [2.75, 3.05) is 11.9 Å². The van der Waals surface area contributed by atoms with Gasteiger partial charge < -0.3 is 10.1 Å². The minimum atomic E-state index is 0.525. The molecule has 3 rings (SSSR count). The molecule has 0 aliphatic heterocycles. The van der Waals surface area contributed by atoms with E-state index in [4.69, 9.17) is 4.74 Å². The summed E-state index contributed by atoms with van der Waals surface area (Å²) in [5.74, 6) is 1.85. The average Bonchev–Trinajstić information content (AvgIpc) is 2.48. The van der Waals surface area contributed by atoms with E-state index in [9.17, 15) is 0 Å². The first-order valence-electron chi connectivity index (χ1n) is 6.68. The van der Waals surface area contributed by atoms with Gasteiger partial charge >= 0.3 is 0 Å². The summed E-state index contributed by atoms with van der Waals surface area (Å²) in [6, 6.07) is 13.8.